The lowest BCUT2D eigenvalue weighted by Gasteiger charge is -2.17. The molecule has 1 heterocycles. The standard InChI is InChI=1S/C8H8N2O3/c11-7(12)8(13)9-5-3-1-2-4-6(5)10-8/h1-4,9-10,13H,(H,11,12). The molecule has 1 aromatic rings. The summed E-state index contributed by atoms with van der Waals surface area (Å²) in [4.78, 5) is 10.6. The molecule has 1 aliphatic heterocycles. The van der Waals surface area contributed by atoms with Crippen molar-refractivity contribution in [2.45, 2.75) is 5.85 Å². The molecule has 13 heavy (non-hydrogen) atoms. The van der Waals surface area contributed by atoms with Gasteiger partial charge in [-0.1, -0.05) is 12.1 Å². The van der Waals surface area contributed by atoms with Crippen LogP contribution >= 0.6 is 0 Å². The first-order valence-corrected chi connectivity index (χ1v) is 3.73. The molecule has 0 amide bonds. The van der Waals surface area contributed by atoms with E-state index in [0.29, 0.717) is 11.4 Å². The first kappa shape index (κ1) is 7.88. The van der Waals surface area contributed by atoms with Crippen molar-refractivity contribution in [3.05, 3.63) is 24.3 Å². The van der Waals surface area contributed by atoms with Crippen molar-refractivity contribution in [1.29, 1.82) is 0 Å². The number of aliphatic carboxylic acids is 1. The molecule has 5 heteroatoms. The van der Waals surface area contributed by atoms with E-state index in [1.54, 1.807) is 24.3 Å². The first-order chi connectivity index (χ1) is 6.12. The van der Waals surface area contributed by atoms with Crippen molar-refractivity contribution in [3.63, 3.8) is 0 Å². The fraction of sp³-hybridized carbons (Fsp3) is 0.125. The lowest BCUT2D eigenvalue weighted by atomic mass is 10.3. The molecule has 0 saturated carbocycles. The Bertz CT molecular complexity index is 339. The summed E-state index contributed by atoms with van der Waals surface area (Å²) in [5.74, 6) is -3.44. The van der Waals surface area contributed by atoms with Crippen LogP contribution in [0.25, 0.3) is 0 Å². The molecule has 0 aliphatic carbocycles. The molecular formula is C8H8N2O3. The molecule has 1 aromatic carbocycles. The molecule has 0 aromatic heterocycles. The van der Waals surface area contributed by atoms with Crippen molar-refractivity contribution in [2.24, 2.45) is 0 Å². The number of aliphatic hydroxyl groups is 1. The molecule has 0 fully saturated rings. The van der Waals surface area contributed by atoms with Gasteiger partial charge in [0.2, 0.25) is 0 Å². The zero-order chi connectivity index (χ0) is 9.47. The summed E-state index contributed by atoms with van der Waals surface area (Å²) in [6.45, 7) is 0. The van der Waals surface area contributed by atoms with E-state index in [4.69, 9.17) is 5.11 Å². The zero-order valence-corrected chi connectivity index (χ0v) is 6.61. The van der Waals surface area contributed by atoms with E-state index in [2.05, 4.69) is 10.6 Å². The maximum Gasteiger partial charge on any atom is 0.380 e. The highest BCUT2D eigenvalue weighted by molar-refractivity contribution is 5.91. The molecule has 0 saturated heterocycles. The van der Waals surface area contributed by atoms with Gasteiger partial charge < -0.3 is 20.8 Å². The highest BCUT2D eigenvalue weighted by Gasteiger charge is 2.41. The normalized spacial score (nSPS) is 17.0. The molecule has 0 unspecified atom stereocenters. The fourth-order valence-corrected chi connectivity index (χ4v) is 1.23. The summed E-state index contributed by atoms with van der Waals surface area (Å²) in [6, 6.07) is 6.87. The first-order valence-electron chi connectivity index (χ1n) is 3.73. The maximum absolute atomic E-state index is 10.6. The Hall–Kier alpha value is -1.75. The summed E-state index contributed by atoms with van der Waals surface area (Å²) >= 11 is 0. The van der Waals surface area contributed by atoms with Crippen LogP contribution in [0.1, 0.15) is 0 Å². The molecule has 4 N–H and O–H groups in total. The van der Waals surface area contributed by atoms with E-state index < -0.39 is 11.8 Å². The largest absolute Gasteiger partial charge is 0.476 e. The monoisotopic (exact) mass is 180 g/mol. The van der Waals surface area contributed by atoms with Crippen LogP contribution in [-0.4, -0.2) is 22.0 Å². The summed E-state index contributed by atoms with van der Waals surface area (Å²) in [7, 11) is 0. The number of carbonyl (C=O) groups is 1. The molecule has 68 valence electrons. The van der Waals surface area contributed by atoms with E-state index in [1.165, 1.54) is 0 Å². The van der Waals surface area contributed by atoms with Gasteiger partial charge in [0.05, 0.1) is 11.4 Å². The third-order valence-electron chi connectivity index (χ3n) is 1.87. The summed E-state index contributed by atoms with van der Waals surface area (Å²) in [6.07, 6.45) is 0. The highest BCUT2D eigenvalue weighted by atomic mass is 16.4. The summed E-state index contributed by atoms with van der Waals surface area (Å²) in [5.41, 5.74) is 1.15. The minimum absolute atomic E-state index is 0.576. The van der Waals surface area contributed by atoms with Crippen molar-refractivity contribution in [3.8, 4) is 0 Å². The highest BCUT2D eigenvalue weighted by Crippen LogP contribution is 2.31. The van der Waals surface area contributed by atoms with Gasteiger partial charge in [-0.3, -0.25) is 0 Å². The molecule has 0 radical (unpaired) electrons. The third-order valence-corrected chi connectivity index (χ3v) is 1.87. The van der Waals surface area contributed by atoms with Crippen LogP contribution in [0.5, 0.6) is 0 Å². The number of para-hydroxylation sites is 2. The number of rotatable bonds is 1. The Labute approximate surface area is 74.0 Å². The van der Waals surface area contributed by atoms with Crippen LogP contribution in [0.2, 0.25) is 0 Å². The van der Waals surface area contributed by atoms with Crippen molar-refractivity contribution >= 4 is 17.3 Å². The molecule has 0 bridgehead atoms. The van der Waals surface area contributed by atoms with E-state index >= 15 is 0 Å². The lowest BCUT2D eigenvalue weighted by Crippen LogP contribution is -2.49. The van der Waals surface area contributed by atoms with Gasteiger partial charge in [-0.25, -0.2) is 4.79 Å². The Morgan fingerprint density at radius 2 is 1.69 bits per heavy atom. The molecule has 1 aliphatic rings. The van der Waals surface area contributed by atoms with Gasteiger partial charge in [-0.15, -0.1) is 0 Å². The minimum atomic E-state index is -2.08. The van der Waals surface area contributed by atoms with Crippen molar-refractivity contribution < 1.29 is 15.0 Å². The number of hydrogen-bond donors (Lipinski definition) is 4. The number of carboxylic acid groups (broad SMARTS) is 1. The van der Waals surface area contributed by atoms with E-state index in [1.807, 2.05) is 0 Å². The van der Waals surface area contributed by atoms with Gasteiger partial charge in [0.15, 0.2) is 0 Å². The van der Waals surface area contributed by atoms with E-state index in [0.717, 1.165) is 0 Å². The second-order valence-corrected chi connectivity index (χ2v) is 2.81. The summed E-state index contributed by atoms with van der Waals surface area (Å²) < 4.78 is 0. The maximum atomic E-state index is 10.6. The van der Waals surface area contributed by atoms with Gasteiger partial charge in [0, 0.05) is 0 Å². The second kappa shape index (κ2) is 2.37. The number of nitrogens with one attached hydrogen (secondary N) is 2. The van der Waals surface area contributed by atoms with Crippen molar-refractivity contribution in [1.82, 2.24) is 0 Å². The van der Waals surface area contributed by atoms with Gasteiger partial charge in [0.25, 0.3) is 0 Å². The van der Waals surface area contributed by atoms with E-state index in [9.17, 15) is 9.90 Å². The number of carboxylic acids is 1. The molecule has 5 nitrogen and oxygen atoms in total. The van der Waals surface area contributed by atoms with Gasteiger partial charge in [0.1, 0.15) is 0 Å². The van der Waals surface area contributed by atoms with Crippen LogP contribution in [-0.2, 0) is 4.79 Å². The lowest BCUT2D eigenvalue weighted by molar-refractivity contribution is -0.152. The zero-order valence-electron chi connectivity index (χ0n) is 6.61. The Balaban J connectivity index is 2.37. The summed E-state index contributed by atoms with van der Waals surface area (Å²) in [5, 5.41) is 23.0. The SMILES string of the molecule is O=C(O)C1(O)Nc2ccccc2N1. The number of hydrogen-bond acceptors (Lipinski definition) is 4. The predicted molar refractivity (Wildman–Crippen MR) is 46.3 cm³/mol. The van der Waals surface area contributed by atoms with Crippen LogP contribution in [0.4, 0.5) is 11.4 Å². The topological polar surface area (TPSA) is 81.6 Å². The number of fused-ring (bicyclic) bond motifs is 1. The van der Waals surface area contributed by atoms with Crippen LogP contribution in [0, 0.1) is 0 Å². The predicted octanol–water partition coefficient (Wildman–Crippen LogP) is 0.255. The Morgan fingerprint density at radius 3 is 2.08 bits per heavy atom. The quantitative estimate of drug-likeness (QED) is 0.498. The average Bonchev–Trinajstić information content (AvgIpc) is 2.42. The molecular weight excluding hydrogens is 172 g/mol. The van der Waals surface area contributed by atoms with Crippen molar-refractivity contribution in [2.75, 3.05) is 10.6 Å². The molecule has 2 rings (SSSR count). The Morgan fingerprint density at radius 1 is 1.23 bits per heavy atom. The number of anilines is 2. The minimum Gasteiger partial charge on any atom is -0.476 e. The van der Waals surface area contributed by atoms with Gasteiger partial charge >= 0.3 is 11.8 Å². The Kier molecular flexibility index (Phi) is 1.43. The molecule has 0 spiro atoms. The van der Waals surface area contributed by atoms with E-state index in [-0.39, 0.29) is 0 Å². The smallest absolute Gasteiger partial charge is 0.380 e. The fourth-order valence-electron chi connectivity index (χ4n) is 1.23. The number of benzene rings is 1. The average molecular weight is 180 g/mol. The third kappa shape index (κ3) is 1.09. The second-order valence-electron chi connectivity index (χ2n) is 2.81. The van der Waals surface area contributed by atoms with Crippen LogP contribution in [0.3, 0.4) is 0 Å². The van der Waals surface area contributed by atoms with Crippen LogP contribution in [0.15, 0.2) is 24.3 Å². The molecule has 0 atom stereocenters. The van der Waals surface area contributed by atoms with Gasteiger partial charge in [-0.05, 0) is 12.1 Å². The van der Waals surface area contributed by atoms with Crippen LogP contribution < -0.4 is 10.6 Å². The van der Waals surface area contributed by atoms with Gasteiger partial charge in [-0.2, -0.15) is 0 Å².